The van der Waals surface area contributed by atoms with Crippen molar-refractivity contribution in [3.05, 3.63) is 67.2 Å². The number of nitrogens with zero attached hydrogens (tertiary/aromatic N) is 1. The van der Waals surface area contributed by atoms with E-state index >= 15 is 0 Å². The van der Waals surface area contributed by atoms with Gasteiger partial charge in [0, 0.05) is 12.1 Å². The molecule has 0 radical (unpaired) electrons. The van der Waals surface area contributed by atoms with Crippen LogP contribution in [0.5, 0.6) is 0 Å². The molecule has 1 amide bonds. The zero-order chi connectivity index (χ0) is 16.4. The first-order valence-electron chi connectivity index (χ1n) is 6.31. The van der Waals surface area contributed by atoms with Crippen LogP contribution in [0.3, 0.4) is 0 Å². The van der Waals surface area contributed by atoms with E-state index < -0.39 is 10.8 Å². The molecule has 2 aromatic rings. The number of rotatable bonds is 3. The summed E-state index contributed by atoms with van der Waals surface area (Å²) in [4.78, 5) is 22.5. The van der Waals surface area contributed by atoms with Gasteiger partial charge in [0.25, 0.3) is 11.6 Å². The third kappa shape index (κ3) is 3.37. The number of carbonyl (C=O) groups excluding carboxylic acids is 1. The minimum Gasteiger partial charge on any atom is -0.320 e. The Balaban J connectivity index is 2.38. The SMILES string of the molecule is Cc1cc(C)c(NC(=O)c2cc([N+](=O)[O-])ccc2Cl)c(Cl)c1. The standard InChI is InChI=1S/C15H12Cl2N2O3/c1-8-5-9(2)14(13(17)6-8)18-15(20)11-7-10(19(21)22)3-4-12(11)16/h3-7H,1-2H3,(H,18,20). The number of halogens is 2. The number of nitrogens with one attached hydrogen (secondary N) is 1. The van der Waals surface area contributed by atoms with E-state index in [0.717, 1.165) is 17.2 Å². The molecule has 0 aliphatic heterocycles. The number of aryl methyl sites for hydroxylation is 2. The minimum absolute atomic E-state index is 0.0203. The van der Waals surface area contributed by atoms with Crippen LogP contribution in [0, 0.1) is 24.0 Å². The van der Waals surface area contributed by atoms with E-state index in [4.69, 9.17) is 23.2 Å². The first kappa shape index (κ1) is 16.3. The molecule has 2 aromatic carbocycles. The van der Waals surface area contributed by atoms with Gasteiger partial charge in [0.15, 0.2) is 0 Å². The number of anilines is 1. The monoisotopic (exact) mass is 338 g/mol. The van der Waals surface area contributed by atoms with Crippen LogP contribution in [0.25, 0.3) is 0 Å². The summed E-state index contributed by atoms with van der Waals surface area (Å²) in [5.41, 5.74) is 2.03. The minimum atomic E-state index is -0.586. The van der Waals surface area contributed by atoms with Crippen molar-refractivity contribution in [1.82, 2.24) is 0 Å². The van der Waals surface area contributed by atoms with Crippen molar-refractivity contribution in [3.63, 3.8) is 0 Å². The Labute approximate surface area is 137 Å². The molecule has 0 fully saturated rings. The lowest BCUT2D eigenvalue weighted by Crippen LogP contribution is -2.14. The van der Waals surface area contributed by atoms with Crippen LogP contribution in [-0.4, -0.2) is 10.8 Å². The smallest absolute Gasteiger partial charge is 0.270 e. The second-order valence-corrected chi connectivity index (χ2v) is 5.63. The maximum absolute atomic E-state index is 12.3. The number of hydrogen-bond donors (Lipinski definition) is 1. The zero-order valence-corrected chi connectivity index (χ0v) is 13.3. The Morgan fingerprint density at radius 1 is 1.14 bits per heavy atom. The molecule has 0 aliphatic rings. The van der Waals surface area contributed by atoms with Gasteiger partial charge in [-0.15, -0.1) is 0 Å². The summed E-state index contributed by atoms with van der Waals surface area (Å²) in [6, 6.07) is 7.28. The predicted octanol–water partition coefficient (Wildman–Crippen LogP) is 4.77. The van der Waals surface area contributed by atoms with Gasteiger partial charge in [-0.1, -0.05) is 29.3 Å². The van der Waals surface area contributed by atoms with Crippen LogP contribution in [0.1, 0.15) is 21.5 Å². The Kier molecular flexibility index (Phi) is 4.68. The topological polar surface area (TPSA) is 72.2 Å². The summed E-state index contributed by atoms with van der Waals surface area (Å²) < 4.78 is 0. The fraction of sp³-hybridized carbons (Fsp3) is 0.133. The predicted molar refractivity (Wildman–Crippen MR) is 87.0 cm³/mol. The number of nitro groups is 1. The van der Waals surface area contributed by atoms with Crippen LogP contribution < -0.4 is 5.32 Å². The van der Waals surface area contributed by atoms with Gasteiger partial charge in [-0.25, -0.2) is 0 Å². The summed E-state index contributed by atoms with van der Waals surface area (Å²) in [5, 5.41) is 14.0. The normalized spacial score (nSPS) is 10.4. The second-order valence-electron chi connectivity index (χ2n) is 4.81. The first-order valence-corrected chi connectivity index (χ1v) is 7.07. The van der Waals surface area contributed by atoms with Crippen molar-refractivity contribution >= 4 is 40.5 Å². The molecule has 0 unspecified atom stereocenters. The van der Waals surface area contributed by atoms with Gasteiger partial charge in [0.05, 0.1) is 26.2 Å². The van der Waals surface area contributed by atoms with E-state index in [0.29, 0.717) is 10.7 Å². The van der Waals surface area contributed by atoms with Crippen LogP contribution in [0.15, 0.2) is 30.3 Å². The number of carbonyl (C=O) groups is 1. The lowest BCUT2D eigenvalue weighted by atomic mass is 10.1. The largest absolute Gasteiger partial charge is 0.320 e. The van der Waals surface area contributed by atoms with Crippen molar-refractivity contribution in [2.75, 3.05) is 5.32 Å². The van der Waals surface area contributed by atoms with Crippen LogP contribution >= 0.6 is 23.2 Å². The lowest BCUT2D eigenvalue weighted by molar-refractivity contribution is -0.384. The molecule has 0 atom stereocenters. The van der Waals surface area contributed by atoms with Gasteiger partial charge in [-0.05, 0) is 37.1 Å². The summed E-state index contributed by atoms with van der Waals surface area (Å²) in [7, 11) is 0. The Hall–Kier alpha value is -2.11. The van der Waals surface area contributed by atoms with Crippen molar-refractivity contribution in [3.8, 4) is 0 Å². The van der Waals surface area contributed by atoms with Crippen LogP contribution in [0.4, 0.5) is 11.4 Å². The molecule has 0 saturated carbocycles. The molecule has 22 heavy (non-hydrogen) atoms. The molecule has 0 aromatic heterocycles. The van der Waals surface area contributed by atoms with Crippen molar-refractivity contribution in [2.45, 2.75) is 13.8 Å². The summed E-state index contributed by atoms with van der Waals surface area (Å²) in [6.07, 6.45) is 0. The molecule has 0 aliphatic carbocycles. The third-order valence-electron chi connectivity index (χ3n) is 3.08. The quantitative estimate of drug-likeness (QED) is 0.647. The van der Waals surface area contributed by atoms with Gasteiger partial charge in [0.2, 0.25) is 0 Å². The number of hydrogen-bond acceptors (Lipinski definition) is 3. The average molecular weight is 339 g/mol. The summed E-state index contributed by atoms with van der Waals surface area (Å²) >= 11 is 12.1. The van der Waals surface area contributed by atoms with Crippen molar-refractivity contribution < 1.29 is 9.72 Å². The zero-order valence-electron chi connectivity index (χ0n) is 11.8. The molecule has 5 nitrogen and oxygen atoms in total. The summed E-state index contributed by atoms with van der Waals surface area (Å²) in [6.45, 7) is 3.70. The van der Waals surface area contributed by atoms with Crippen molar-refractivity contribution in [2.24, 2.45) is 0 Å². The first-order chi connectivity index (χ1) is 10.3. The average Bonchev–Trinajstić information content (AvgIpc) is 2.42. The van der Waals surface area contributed by atoms with Crippen molar-refractivity contribution in [1.29, 1.82) is 0 Å². The number of amides is 1. The van der Waals surface area contributed by atoms with Gasteiger partial charge < -0.3 is 5.32 Å². The molecular formula is C15H12Cl2N2O3. The van der Waals surface area contributed by atoms with Crippen LogP contribution in [0.2, 0.25) is 10.0 Å². The van der Waals surface area contributed by atoms with E-state index in [1.54, 1.807) is 6.07 Å². The maximum Gasteiger partial charge on any atom is 0.270 e. The fourth-order valence-corrected chi connectivity index (χ4v) is 2.63. The molecule has 0 spiro atoms. The Morgan fingerprint density at radius 2 is 1.82 bits per heavy atom. The third-order valence-corrected chi connectivity index (χ3v) is 3.70. The second kappa shape index (κ2) is 6.34. The lowest BCUT2D eigenvalue weighted by Gasteiger charge is -2.12. The van der Waals surface area contributed by atoms with Gasteiger partial charge in [-0.2, -0.15) is 0 Å². The van der Waals surface area contributed by atoms with E-state index in [2.05, 4.69) is 5.32 Å². The molecule has 114 valence electrons. The molecule has 0 heterocycles. The Morgan fingerprint density at radius 3 is 2.41 bits per heavy atom. The van der Waals surface area contributed by atoms with E-state index in [9.17, 15) is 14.9 Å². The molecule has 7 heteroatoms. The highest BCUT2D eigenvalue weighted by Crippen LogP contribution is 2.29. The van der Waals surface area contributed by atoms with Gasteiger partial charge in [0.1, 0.15) is 0 Å². The molecule has 0 saturated heterocycles. The highest BCUT2D eigenvalue weighted by molar-refractivity contribution is 6.36. The van der Waals surface area contributed by atoms with Crippen LogP contribution in [-0.2, 0) is 0 Å². The molecule has 0 bridgehead atoms. The van der Waals surface area contributed by atoms with E-state index in [-0.39, 0.29) is 16.3 Å². The molecule has 1 N–H and O–H groups in total. The number of nitro benzene ring substituents is 1. The highest BCUT2D eigenvalue weighted by atomic mass is 35.5. The maximum atomic E-state index is 12.3. The van der Waals surface area contributed by atoms with E-state index in [1.807, 2.05) is 19.9 Å². The number of benzene rings is 2. The summed E-state index contributed by atoms with van der Waals surface area (Å²) in [5.74, 6) is -0.553. The molecular weight excluding hydrogens is 327 g/mol. The fourth-order valence-electron chi connectivity index (χ4n) is 2.06. The number of non-ortho nitro benzene ring substituents is 1. The molecule has 2 rings (SSSR count). The van der Waals surface area contributed by atoms with Gasteiger partial charge in [-0.3, -0.25) is 14.9 Å². The van der Waals surface area contributed by atoms with Gasteiger partial charge >= 0.3 is 0 Å². The highest BCUT2D eigenvalue weighted by Gasteiger charge is 2.17. The Bertz CT molecular complexity index is 752. The van der Waals surface area contributed by atoms with E-state index in [1.165, 1.54) is 12.1 Å².